The molecule has 104 valence electrons. The molecule has 1 N–H and O–H groups in total. The summed E-state index contributed by atoms with van der Waals surface area (Å²) in [5, 5.41) is 3.41. The highest BCUT2D eigenvalue weighted by atomic mass is 79.9. The molecule has 1 heterocycles. The lowest BCUT2D eigenvalue weighted by atomic mass is 9.98. The van der Waals surface area contributed by atoms with Crippen LogP contribution in [0, 0.1) is 0 Å². The van der Waals surface area contributed by atoms with E-state index in [1.165, 1.54) is 11.1 Å². The van der Waals surface area contributed by atoms with Crippen molar-refractivity contribution in [3.8, 4) is 5.75 Å². The van der Waals surface area contributed by atoms with E-state index in [4.69, 9.17) is 4.74 Å². The molecule has 2 atom stereocenters. The van der Waals surface area contributed by atoms with Gasteiger partial charge in [0.15, 0.2) is 0 Å². The highest BCUT2D eigenvalue weighted by Gasteiger charge is 2.29. The summed E-state index contributed by atoms with van der Waals surface area (Å²) in [6.07, 6.45) is 2.13. The third-order valence-corrected chi connectivity index (χ3v) is 4.66. The van der Waals surface area contributed by atoms with Gasteiger partial charge in [0.2, 0.25) is 0 Å². The zero-order valence-corrected chi connectivity index (χ0v) is 13.1. The Kier molecular flexibility index (Phi) is 4.08. The fourth-order valence-corrected chi connectivity index (χ4v) is 3.20. The molecule has 20 heavy (non-hydrogen) atoms. The van der Waals surface area contributed by atoms with Crippen LogP contribution in [0.3, 0.4) is 0 Å². The van der Waals surface area contributed by atoms with Crippen LogP contribution in [0.5, 0.6) is 5.75 Å². The molecule has 2 nitrogen and oxygen atoms in total. The normalized spacial score (nSPS) is 18.4. The van der Waals surface area contributed by atoms with Crippen LogP contribution in [0.15, 0.2) is 53.0 Å². The maximum absolute atomic E-state index is 6.09. The van der Waals surface area contributed by atoms with Gasteiger partial charge >= 0.3 is 0 Å². The monoisotopic (exact) mass is 331 g/mol. The Morgan fingerprint density at radius 1 is 1.20 bits per heavy atom. The average Bonchev–Trinajstić information content (AvgIpc) is 2.90. The topological polar surface area (TPSA) is 21.3 Å². The molecule has 0 bridgehead atoms. The third-order valence-electron chi connectivity index (χ3n) is 3.89. The molecule has 0 radical (unpaired) electrons. The molecular formula is C17H18BrNO. The van der Waals surface area contributed by atoms with E-state index in [0.717, 1.165) is 23.1 Å². The van der Waals surface area contributed by atoms with E-state index in [0.29, 0.717) is 6.04 Å². The Morgan fingerprint density at radius 2 is 1.95 bits per heavy atom. The molecule has 0 aromatic heterocycles. The van der Waals surface area contributed by atoms with Gasteiger partial charge in [-0.1, -0.05) is 52.3 Å². The number of ether oxygens (including phenoxy) is 1. The first-order valence-electron chi connectivity index (χ1n) is 6.93. The second-order valence-corrected chi connectivity index (χ2v) is 6.01. The quantitative estimate of drug-likeness (QED) is 0.924. The van der Waals surface area contributed by atoms with Gasteiger partial charge in [0.05, 0.1) is 0 Å². The predicted octanol–water partition coefficient (Wildman–Crippen LogP) is 3.58. The van der Waals surface area contributed by atoms with Gasteiger partial charge < -0.3 is 10.1 Å². The Labute approximate surface area is 128 Å². The highest BCUT2D eigenvalue weighted by molar-refractivity contribution is 9.10. The zero-order chi connectivity index (χ0) is 13.9. The number of hydrogen-bond acceptors (Lipinski definition) is 2. The summed E-state index contributed by atoms with van der Waals surface area (Å²) >= 11 is 3.62. The van der Waals surface area contributed by atoms with Crippen LogP contribution in [-0.4, -0.2) is 19.2 Å². The fraction of sp³-hybridized carbons (Fsp3) is 0.294. The van der Waals surface area contributed by atoms with Crippen LogP contribution < -0.4 is 10.1 Å². The summed E-state index contributed by atoms with van der Waals surface area (Å²) in [6.45, 7) is 0. The van der Waals surface area contributed by atoms with Crippen molar-refractivity contribution in [3.05, 3.63) is 64.1 Å². The number of likely N-dealkylation sites (N-methyl/N-ethyl adjacent to an activating group) is 1. The Balaban J connectivity index is 1.74. The lowest BCUT2D eigenvalue weighted by Crippen LogP contribution is -2.42. The molecule has 3 rings (SSSR count). The van der Waals surface area contributed by atoms with Crippen LogP contribution in [-0.2, 0) is 12.8 Å². The maximum atomic E-state index is 6.09. The van der Waals surface area contributed by atoms with E-state index < -0.39 is 0 Å². The van der Waals surface area contributed by atoms with Crippen LogP contribution >= 0.6 is 15.9 Å². The molecule has 0 aliphatic carbocycles. The minimum Gasteiger partial charge on any atom is -0.488 e. The second kappa shape index (κ2) is 5.98. The molecule has 2 aromatic rings. The smallest absolute Gasteiger partial charge is 0.123 e. The van der Waals surface area contributed by atoms with Gasteiger partial charge in [-0.15, -0.1) is 0 Å². The van der Waals surface area contributed by atoms with E-state index in [9.17, 15) is 0 Å². The molecular weight excluding hydrogens is 314 g/mol. The first-order valence-corrected chi connectivity index (χ1v) is 7.72. The standard InChI is InChI=1S/C17H18BrNO/c1-19-15(10-12-6-2-4-8-14(12)18)17-11-13-7-3-5-9-16(13)20-17/h2-9,15,17,19H,10-11H2,1H3. The van der Waals surface area contributed by atoms with Crippen LogP contribution in [0.25, 0.3) is 0 Å². The number of hydrogen-bond donors (Lipinski definition) is 1. The van der Waals surface area contributed by atoms with Crippen molar-refractivity contribution in [2.75, 3.05) is 7.05 Å². The minimum atomic E-state index is 0.199. The van der Waals surface area contributed by atoms with Gasteiger partial charge in [-0.25, -0.2) is 0 Å². The number of rotatable bonds is 4. The van der Waals surface area contributed by atoms with Crippen molar-refractivity contribution < 1.29 is 4.74 Å². The molecule has 2 aromatic carbocycles. The lowest BCUT2D eigenvalue weighted by molar-refractivity contribution is 0.182. The van der Waals surface area contributed by atoms with E-state index in [1.54, 1.807) is 0 Å². The summed E-state index contributed by atoms with van der Waals surface area (Å²) in [6, 6.07) is 17.0. The van der Waals surface area contributed by atoms with Crippen LogP contribution in [0.1, 0.15) is 11.1 Å². The predicted molar refractivity (Wildman–Crippen MR) is 85.3 cm³/mol. The Bertz CT molecular complexity index is 574. The summed E-state index contributed by atoms with van der Waals surface area (Å²) in [7, 11) is 2.01. The van der Waals surface area contributed by atoms with Crippen molar-refractivity contribution in [2.45, 2.75) is 25.0 Å². The molecule has 2 unspecified atom stereocenters. The van der Waals surface area contributed by atoms with Gasteiger partial charge in [0, 0.05) is 16.9 Å². The van der Waals surface area contributed by atoms with Crippen LogP contribution in [0.4, 0.5) is 0 Å². The second-order valence-electron chi connectivity index (χ2n) is 5.16. The summed E-state index contributed by atoms with van der Waals surface area (Å²) in [5.74, 6) is 1.03. The minimum absolute atomic E-state index is 0.199. The lowest BCUT2D eigenvalue weighted by Gasteiger charge is -2.23. The van der Waals surface area contributed by atoms with Crippen molar-refractivity contribution in [1.29, 1.82) is 0 Å². The van der Waals surface area contributed by atoms with E-state index >= 15 is 0 Å². The van der Waals surface area contributed by atoms with Crippen molar-refractivity contribution >= 4 is 15.9 Å². The van der Waals surface area contributed by atoms with E-state index in [2.05, 4.69) is 57.6 Å². The number of nitrogens with one attached hydrogen (secondary N) is 1. The molecule has 0 amide bonds. The number of para-hydroxylation sites is 1. The third kappa shape index (κ3) is 2.74. The van der Waals surface area contributed by atoms with Crippen LogP contribution in [0.2, 0.25) is 0 Å². The molecule has 0 spiro atoms. The van der Waals surface area contributed by atoms with Gasteiger partial charge in [0.25, 0.3) is 0 Å². The Morgan fingerprint density at radius 3 is 2.70 bits per heavy atom. The summed E-state index contributed by atoms with van der Waals surface area (Å²) in [5.41, 5.74) is 2.62. The summed E-state index contributed by atoms with van der Waals surface area (Å²) < 4.78 is 7.26. The fourth-order valence-electron chi connectivity index (χ4n) is 2.75. The number of fused-ring (bicyclic) bond motifs is 1. The molecule has 0 saturated heterocycles. The molecule has 0 saturated carbocycles. The van der Waals surface area contributed by atoms with E-state index in [-0.39, 0.29) is 6.10 Å². The van der Waals surface area contributed by atoms with Gasteiger partial charge in [-0.05, 0) is 36.7 Å². The molecule has 1 aliphatic heterocycles. The first kappa shape index (κ1) is 13.7. The van der Waals surface area contributed by atoms with Crippen molar-refractivity contribution in [2.24, 2.45) is 0 Å². The van der Waals surface area contributed by atoms with E-state index in [1.807, 2.05) is 19.2 Å². The zero-order valence-electron chi connectivity index (χ0n) is 11.5. The SMILES string of the molecule is CNC(Cc1ccccc1Br)C1Cc2ccccc2O1. The first-order chi connectivity index (χ1) is 9.78. The van der Waals surface area contributed by atoms with Crippen molar-refractivity contribution in [1.82, 2.24) is 5.32 Å². The average molecular weight is 332 g/mol. The molecule has 0 fully saturated rings. The number of halogens is 1. The Hall–Kier alpha value is -1.32. The summed E-state index contributed by atoms with van der Waals surface area (Å²) in [4.78, 5) is 0. The van der Waals surface area contributed by atoms with Gasteiger partial charge in [-0.3, -0.25) is 0 Å². The number of benzene rings is 2. The van der Waals surface area contributed by atoms with Gasteiger partial charge in [0.1, 0.15) is 11.9 Å². The molecule has 3 heteroatoms. The van der Waals surface area contributed by atoms with Crippen molar-refractivity contribution in [3.63, 3.8) is 0 Å². The van der Waals surface area contributed by atoms with Gasteiger partial charge in [-0.2, -0.15) is 0 Å². The molecule has 1 aliphatic rings. The maximum Gasteiger partial charge on any atom is 0.123 e. The highest BCUT2D eigenvalue weighted by Crippen LogP contribution is 2.30. The largest absolute Gasteiger partial charge is 0.488 e.